The maximum Gasteiger partial charge on any atom is 0.334 e. The number of likely N-dealkylation sites (N-methyl/N-ethyl adjacent to an activating group) is 1. The first-order valence-corrected chi connectivity index (χ1v) is 8.99. The van der Waals surface area contributed by atoms with Crippen molar-refractivity contribution in [2.45, 2.75) is 13.1 Å². The molecule has 0 spiro atoms. The Hall–Kier alpha value is -3.26. The molecule has 3 rings (SSSR count). The lowest BCUT2D eigenvalue weighted by atomic mass is 10.1. The number of carbonyl (C=O) groups is 4. The van der Waals surface area contributed by atoms with Crippen molar-refractivity contribution in [2.24, 2.45) is 0 Å². The molecule has 1 saturated heterocycles. The first kappa shape index (κ1) is 20.5. The maximum atomic E-state index is 13.9. The minimum atomic E-state index is -0.890. The molecule has 0 bridgehead atoms. The molecule has 0 aromatic heterocycles. The van der Waals surface area contributed by atoms with Crippen molar-refractivity contribution in [3.8, 4) is 0 Å². The topological polar surface area (TPSA) is 78.0 Å². The summed E-state index contributed by atoms with van der Waals surface area (Å²) in [6.45, 7) is -0.0831. The smallest absolute Gasteiger partial charge is 0.334 e. The van der Waals surface area contributed by atoms with Crippen LogP contribution in [0.25, 0.3) is 0 Å². The number of benzene rings is 2. The van der Waals surface area contributed by atoms with Gasteiger partial charge in [0.05, 0.1) is 6.54 Å². The lowest BCUT2D eigenvalue weighted by Crippen LogP contribution is -2.31. The second kappa shape index (κ2) is 8.00. The Morgan fingerprint density at radius 2 is 1.72 bits per heavy atom. The highest BCUT2D eigenvalue weighted by atomic mass is 35.5. The Morgan fingerprint density at radius 3 is 2.28 bits per heavy atom. The van der Waals surface area contributed by atoms with E-state index in [0.29, 0.717) is 11.1 Å². The predicted molar refractivity (Wildman–Crippen MR) is 102 cm³/mol. The van der Waals surface area contributed by atoms with Crippen LogP contribution in [0.4, 0.5) is 9.18 Å². The van der Waals surface area contributed by atoms with E-state index in [4.69, 9.17) is 11.6 Å². The molecule has 150 valence electrons. The van der Waals surface area contributed by atoms with Gasteiger partial charge >= 0.3 is 17.8 Å². The van der Waals surface area contributed by atoms with Crippen molar-refractivity contribution in [1.82, 2.24) is 14.7 Å². The second-order valence-corrected chi connectivity index (χ2v) is 7.00. The number of nitrogens with zero attached hydrogens (tertiary/aromatic N) is 3. The maximum absolute atomic E-state index is 13.9. The van der Waals surface area contributed by atoms with E-state index in [-0.39, 0.29) is 29.6 Å². The first-order valence-electron chi connectivity index (χ1n) is 8.61. The quantitative estimate of drug-likeness (QED) is 0.553. The van der Waals surface area contributed by atoms with E-state index in [9.17, 15) is 23.6 Å². The summed E-state index contributed by atoms with van der Waals surface area (Å²) >= 11 is 6.01. The molecule has 0 atom stereocenters. The van der Waals surface area contributed by atoms with E-state index in [0.717, 1.165) is 9.80 Å². The average Bonchev–Trinajstić information content (AvgIpc) is 2.88. The second-order valence-electron chi connectivity index (χ2n) is 6.60. The number of halogens is 2. The Morgan fingerprint density at radius 1 is 1.07 bits per heavy atom. The van der Waals surface area contributed by atoms with Crippen LogP contribution in [0.15, 0.2) is 42.5 Å². The SMILES string of the molecule is CN(Cc1c(F)cccc1Cl)C(=O)c1ccc(CN2C(=O)C(=O)N(C)C2=O)cc1. The van der Waals surface area contributed by atoms with E-state index < -0.39 is 23.7 Å². The van der Waals surface area contributed by atoms with Crippen LogP contribution >= 0.6 is 11.6 Å². The van der Waals surface area contributed by atoms with Crippen molar-refractivity contribution in [3.63, 3.8) is 0 Å². The zero-order valence-corrected chi connectivity index (χ0v) is 16.4. The third-order valence-corrected chi connectivity index (χ3v) is 4.95. The third kappa shape index (κ3) is 3.97. The number of hydrogen-bond acceptors (Lipinski definition) is 4. The molecule has 1 aliphatic heterocycles. The predicted octanol–water partition coefficient (Wildman–Crippen LogP) is 2.67. The van der Waals surface area contributed by atoms with Crippen LogP contribution in [-0.2, 0) is 22.7 Å². The van der Waals surface area contributed by atoms with Gasteiger partial charge in [0.1, 0.15) is 5.82 Å². The molecule has 0 radical (unpaired) electrons. The first-order chi connectivity index (χ1) is 13.7. The van der Waals surface area contributed by atoms with Crippen LogP contribution in [0.5, 0.6) is 0 Å². The van der Waals surface area contributed by atoms with E-state index in [2.05, 4.69) is 0 Å². The molecule has 0 saturated carbocycles. The van der Waals surface area contributed by atoms with Crippen LogP contribution in [0.3, 0.4) is 0 Å². The molecule has 5 amide bonds. The van der Waals surface area contributed by atoms with Crippen molar-refractivity contribution in [1.29, 1.82) is 0 Å². The van der Waals surface area contributed by atoms with E-state index in [1.807, 2.05) is 0 Å². The molecular formula is C20H17ClFN3O4. The van der Waals surface area contributed by atoms with Crippen LogP contribution < -0.4 is 0 Å². The Bertz CT molecular complexity index is 989. The molecule has 9 heteroatoms. The molecule has 1 heterocycles. The lowest BCUT2D eigenvalue weighted by Gasteiger charge is -2.19. The van der Waals surface area contributed by atoms with Gasteiger partial charge in [-0.05, 0) is 29.8 Å². The molecule has 0 aliphatic carbocycles. The largest absolute Gasteiger partial charge is 0.337 e. The van der Waals surface area contributed by atoms with Crippen LogP contribution in [0, 0.1) is 5.82 Å². The highest BCUT2D eigenvalue weighted by Crippen LogP contribution is 2.21. The summed E-state index contributed by atoms with van der Waals surface area (Å²) in [5.41, 5.74) is 1.14. The highest BCUT2D eigenvalue weighted by Gasteiger charge is 2.41. The van der Waals surface area contributed by atoms with Crippen LogP contribution in [0.2, 0.25) is 5.02 Å². The van der Waals surface area contributed by atoms with Gasteiger partial charge < -0.3 is 4.90 Å². The number of rotatable bonds is 5. The fraction of sp³-hybridized carbons (Fsp3) is 0.200. The molecule has 1 fully saturated rings. The molecular weight excluding hydrogens is 401 g/mol. The zero-order valence-electron chi connectivity index (χ0n) is 15.7. The average molecular weight is 418 g/mol. The van der Waals surface area contributed by atoms with Gasteiger partial charge in [-0.25, -0.2) is 9.18 Å². The number of hydrogen-bond donors (Lipinski definition) is 0. The monoisotopic (exact) mass is 417 g/mol. The van der Waals surface area contributed by atoms with Crippen molar-refractivity contribution < 1.29 is 23.6 Å². The minimum absolute atomic E-state index is 0.00266. The van der Waals surface area contributed by atoms with Gasteiger partial charge in [-0.3, -0.25) is 24.2 Å². The molecule has 29 heavy (non-hydrogen) atoms. The van der Waals surface area contributed by atoms with Gasteiger partial charge in [0.2, 0.25) is 0 Å². The number of amides is 5. The summed E-state index contributed by atoms with van der Waals surface area (Å²) < 4.78 is 13.9. The Balaban J connectivity index is 1.70. The van der Waals surface area contributed by atoms with E-state index >= 15 is 0 Å². The fourth-order valence-electron chi connectivity index (χ4n) is 2.90. The van der Waals surface area contributed by atoms with Crippen molar-refractivity contribution >= 4 is 35.4 Å². The van der Waals surface area contributed by atoms with E-state index in [1.165, 1.54) is 43.3 Å². The van der Waals surface area contributed by atoms with Gasteiger partial charge in [0, 0.05) is 36.8 Å². The van der Waals surface area contributed by atoms with Gasteiger partial charge in [0.25, 0.3) is 5.91 Å². The minimum Gasteiger partial charge on any atom is -0.337 e. The molecule has 0 N–H and O–H groups in total. The summed E-state index contributed by atoms with van der Waals surface area (Å²) in [6.07, 6.45) is 0. The molecule has 2 aromatic carbocycles. The summed E-state index contributed by atoms with van der Waals surface area (Å²) in [5.74, 6) is -2.61. The van der Waals surface area contributed by atoms with Crippen molar-refractivity contribution in [2.75, 3.05) is 14.1 Å². The Labute approximate surface area is 171 Å². The number of urea groups is 1. The van der Waals surface area contributed by atoms with Crippen LogP contribution in [0.1, 0.15) is 21.5 Å². The van der Waals surface area contributed by atoms with Gasteiger partial charge in [-0.15, -0.1) is 0 Å². The zero-order chi connectivity index (χ0) is 21.3. The number of imide groups is 2. The summed E-state index contributed by atoms with van der Waals surface area (Å²) in [5, 5.41) is 0.236. The summed E-state index contributed by atoms with van der Waals surface area (Å²) in [6, 6.07) is 9.86. The summed E-state index contributed by atoms with van der Waals surface area (Å²) in [7, 11) is 2.77. The van der Waals surface area contributed by atoms with Crippen molar-refractivity contribution in [3.05, 3.63) is 70.0 Å². The highest BCUT2D eigenvalue weighted by molar-refractivity contribution is 6.44. The van der Waals surface area contributed by atoms with E-state index in [1.54, 1.807) is 18.2 Å². The third-order valence-electron chi connectivity index (χ3n) is 4.60. The van der Waals surface area contributed by atoms with Gasteiger partial charge in [-0.2, -0.15) is 0 Å². The molecule has 7 nitrogen and oxygen atoms in total. The van der Waals surface area contributed by atoms with Crippen LogP contribution in [-0.4, -0.2) is 52.5 Å². The summed E-state index contributed by atoms with van der Waals surface area (Å²) in [4.78, 5) is 50.9. The molecule has 1 aliphatic rings. The number of carbonyl (C=O) groups excluding carboxylic acids is 4. The standard InChI is InChI=1S/C20H17ClFN3O4/c1-23(11-14-15(21)4-3-5-16(14)22)17(26)13-8-6-12(7-9-13)10-25-19(28)18(27)24(2)20(25)29/h3-9H,10-11H2,1-2H3. The van der Waals surface area contributed by atoms with Gasteiger partial charge in [-0.1, -0.05) is 29.8 Å². The normalized spacial score (nSPS) is 14.0. The fourth-order valence-corrected chi connectivity index (χ4v) is 3.12. The Kier molecular flexibility index (Phi) is 5.65. The molecule has 2 aromatic rings. The lowest BCUT2D eigenvalue weighted by molar-refractivity contribution is -0.143. The van der Waals surface area contributed by atoms with Gasteiger partial charge in [0.15, 0.2) is 0 Å². The molecule has 0 unspecified atom stereocenters.